The molecule has 0 amide bonds. The van der Waals surface area contributed by atoms with Gasteiger partial charge < -0.3 is 9.84 Å². The van der Waals surface area contributed by atoms with E-state index in [-0.39, 0.29) is 6.42 Å². The third-order valence-electron chi connectivity index (χ3n) is 2.70. The maximum atomic E-state index is 10.6. The van der Waals surface area contributed by atoms with Crippen molar-refractivity contribution in [2.45, 2.75) is 26.9 Å². The van der Waals surface area contributed by atoms with Crippen LogP contribution in [0.5, 0.6) is 5.75 Å². The fourth-order valence-corrected chi connectivity index (χ4v) is 3.30. The minimum atomic E-state index is -0.873. The van der Waals surface area contributed by atoms with E-state index in [4.69, 9.17) is 9.84 Å². The van der Waals surface area contributed by atoms with Gasteiger partial charge in [-0.1, -0.05) is 15.9 Å². The molecule has 0 bridgehead atoms. The number of aliphatic carboxylic acids is 1. The minimum Gasteiger partial charge on any atom is -0.486 e. The SMILES string of the molecule is Cc1cc(Br)cc(C)c1OCc1nc(CC(=O)O)cs1. The summed E-state index contributed by atoms with van der Waals surface area (Å²) in [4.78, 5) is 14.9. The first-order valence-electron chi connectivity index (χ1n) is 6.00. The zero-order valence-electron chi connectivity index (χ0n) is 11.1. The lowest BCUT2D eigenvalue weighted by Gasteiger charge is -2.11. The molecular weight excluding hydrogens is 342 g/mol. The van der Waals surface area contributed by atoms with E-state index in [1.54, 1.807) is 5.38 Å². The van der Waals surface area contributed by atoms with Gasteiger partial charge in [-0.3, -0.25) is 4.79 Å². The van der Waals surface area contributed by atoms with Crippen molar-refractivity contribution in [2.24, 2.45) is 0 Å². The largest absolute Gasteiger partial charge is 0.486 e. The molecule has 0 aliphatic carbocycles. The van der Waals surface area contributed by atoms with Gasteiger partial charge >= 0.3 is 5.97 Å². The predicted octanol–water partition coefficient (Wildman–Crippen LogP) is 3.73. The summed E-state index contributed by atoms with van der Waals surface area (Å²) >= 11 is 4.86. The first-order chi connectivity index (χ1) is 9.45. The topological polar surface area (TPSA) is 59.4 Å². The number of halogens is 1. The van der Waals surface area contributed by atoms with Gasteiger partial charge in [-0.15, -0.1) is 11.3 Å². The zero-order valence-corrected chi connectivity index (χ0v) is 13.5. The van der Waals surface area contributed by atoms with Gasteiger partial charge in [0.1, 0.15) is 17.4 Å². The van der Waals surface area contributed by atoms with Crippen LogP contribution in [0.1, 0.15) is 21.8 Å². The Morgan fingerprint density at radius 2 is 2.05 bits per heavy atom. The number of benzene rings is 1. The Hall–Kier alpha value is -1.40. The fourth-order valence-electron chi connectivity index (χ4n) is 1.91. The molecule has 20 heavy (non-hydrogen) atoms. The minimum absolute atomic E-state index is 0.0488. The van der Waals surface area contributed by atoms with Crippen LogP contribution in [0.4, 0.5) is 0 Å². The molecule has 106 valence electrons. The Bertz CT molecular complexity index is 616. The van der Waals surface area contributed by atoms with Gasteiger partial charge in [-0.25, -0.2) is 4.98 Å². The van der Waals surface area contributed by atoms with Gasteiger partial charge in [-0.05, 0) is 37.1 Å². The second-order valence-corrected chi connectivity index (χ2v) is 6.32. The van der Waals surface area contributed by atoms with E-state index >= 15 is 0 Å². The van der Waals surface area contributed by atoms with Crippen LogP contribution in [0.3, 0.4) is 0 Å². The summed E-state index contributed by atoms with van der Waals surface area (Å²) in [7, 11) is 0. The Balaban J connectivity index is 2.05. The van der Waals surface area contributed by atoms with Gasteiger partial charge in [0.15, 0.2) is 0 Å². The van der Waals surface area contributed by atoms with Crippen molar-refractivity contribution in [2.75, 3.05) is 0 Å². The van der Waals surface area contributed by atoms with Crippen molar-refractivity contribution in [1.29, 1.82) is 0 Å². The molecule has 2 rings (SSSR count). The van der Waals surface area contributed by atoms with Gasteiger partial charge in [0, 0.05) is 9.85 Å². The van der Waals surface area contributed by atoms with E-state index in [0.717, 1.165) is 26.4 Å². The van der Waals surface area contributed by atoms with Crippen molar-refractivity contribution in [1.82, 2.24) is 4.98 Å². The maximum Gasteiger partial charge on any atom is 0.309 e. The average molecular weight is 356 g/mol. The van der Waals surface area contributed by atoms with Crippen molar-refractivity contribution in [3.8, 4) is 5.75 Å². The fraction of sp³-hybridized carbons (Fsp3) is 0.286. The highest BCUT2D eigenvalue weighted by Gasteiger charge is 2.09. The van der Waals surface area contributed by atoms with Crippen molar-refractivity contribution in [3.05, 3.63) is 43.8 Å². The van der Waals surface area contributed by atoms with Crippen LogP contribution in [0, 0.1) is 13.8 Å². The summed E-state index contributed by atoms with van der Waals surface area (Å²) in [6, 6.07) is 4.00. The average Bonchev–Trinajstić information content (AvgIpc) is 2.74. The first kappa shape index (κ1) is 15.0. The number of hydrogen-bond acceptors (Lipinski definition) is 4. The number of rotatable bonds is 5. The van der Waals surface area contributed by atoms with Crippen LogP contribution in [-0.2, 0) is 17.8 Å². The molecule has 1 aromatic carbocycles. The number of aromatic nitrogens is 1. The van der Waals surface area contributed by atoms with Crippen molar-refractivity contribution in [3.63, 3.8) is 0 Å². The zero-order chi connectivity index (χ0) is 14.7. The molecule has 0 fully saturated rings. The van der Waals surface area contributed by atoms with E-state index in [0.29, 0.717) is 12.3 Å². The molecule has 0 aliphatic rings. The molecule has 0 unspecified atom stereocenters. The molecule has 0 saturated carbocycles. The lowest BCUT2D eigenvalue weighted by atomic mass is 10.1. The lowest BCUT2D eigenvalue weighted by molar-refractivity contribution is -0.136. The first-order valence-corrected chi connectivity index (χ1v) is 7.67. The van der Waals surface area contributed by atoms with Gasteiger partial charge in [0.25, 0.3) is 0 Å². The maximum absolute atomic E-state index is 10.6. The molecule has 2 aromatic rings. The molecule has 6 heteroatoms. The van der Waals surface area contributed by atoms with E-state index in [2.05, 4.69) is 20.9 Å². The molecule has 1 N–H and O–H groups in total. The number of aryl methyl sites for hydroxylation is 2. The number of carboxylic acid groups (broad SMARTS) is 1. The highest BCUT2D eigenvalue weighted by Crippen LogP contribution is 2.28. The second kappa shape index (κ2) is 6.37. The van der Waals surface area contributed by atoms with Crippen molar-refractivity contribution >= 4 is 33.2 Å². The van der Waals surface area contributed by atoms with Crippen LogP contribution in [0.25, 0.3) is 0 Å². The molecule has 0 aliphatic heterocycles. The summed E-state index contributed by atoms with van der Waals surface area (Å²) < 4.78 is 6.83. The highest BCUT2D eigenvalue weighted by molar-refractivity contribution is 9.10. The number of thiazole rings is 1. The monoisotopic (exact) mass is 355 g/mol. The van der Waals surface area contributed by atoms with E-state index < -0.39 is 5.97 Å². The normalized spacial score (nSPS) is 10.6. The molecule has 0 spiro atoms. The summed E-state index contributed by atoms with van der Waals surface area (Å²) in [6.45, 7) is 4.34. The number of hydrogen-bond donors (Lipinski definition) is 1. The molecule has 1 aromatic heterocycles. The number of nitrogens with zero attached hydrogens (tertiary/aromatic N) is 1. The second-order valence-electron chi connectivity index (χ2n) is 4.46. The van der Waals surface area contributed by atoms with Gasteiger partial charge in [0.05, 0.1) is 12.1 Å². The van der Waals surface area contributed by atoms with Crippen LogP contribution in [0.15, 0.2) is 22.0 Å². The molecule has 0 radical (unpaired) electrons. The van der Waals surface area contributed by atoms with Gasteiger partial charge in [0.2, 0.25) is 0 Å². The Morgan fingerprint density at radius 1 is 1.40 bits per heavy atom. The number of carboxylic acids is 1. The molecular formula is C14H14BrNO3S. The Kier molecular flexibility index (Phi) is 4.77. The molecule has 0 atom stereocenters. The molecule has 0 saturated heterocycles. The third kappa shape index (κ3) is 3.80. The van der Waals surface area contributed by atoms with Crippen LogP contribution < -0.4 is 4.74 Å². The lowest BCUT2D eigenvalue weighted by Crippen LogP contribution is -2.02. The predicted molar refractivity (Wildman–Crippen MR) is 81.4 cm³/mol. The quantitative estimate of drug-likeness (QED) is 0.887. The smallest absolute Gasteiger partial charge is 0.309 e. The van der Waals surface area contributed by atoms with E-state index in [1.807, 2.05) is 26.0 Å². The Morgan fingerprint density at radius 3 is 2.65 bits per heavy atom. The van der Waals surface area contributed by atoms with E-state index in [1.165, 1.54) is 11.3 Å². The molecule has 1 heterocycles. The van der Waals surface area contributed by atoms with Crippen LogP contribution in [0.2, 0.25) is 0 Å². The summed E-state index contributed by atoms with van der Waals surface area (Å²) in [5.41, 5.74) is 2.68. The highest BCUT2D eigenvalue weighted by atomic mass is 79.9. The van der Waals surface area contributed by atoms with Crippen LogP contribution in [-0.4, -0.2) is 16.1 Å². The number of carbonyl (C=O) groups is 1. The summed E-state index contributed by atoms with van der Waals surface area (Å²) in [6.07, 6.45) is -0.0488. The summed E-state index contributed by atoms with van der Waals surface area (Å²) in [5, 5.41) is 11.3. The molecule has 4 nitrogen and oxygen atoms in total. The van der Waals surface area contributed by atoms with Crippen LogP contribution >= 0.6 is 27.3 Å². The summed E-state index contributed by atoms with van der Waals surface area (Å²) in [5.74, 6) is -0.0226. The number of ether oxygens (including phenoxy) is 1. The van der Waals surface area contributed by atoms with E-state index in [9.17, 15) is 4.79 Å². The Labute approximate surface area is 129 Å². The third-order valence-corrected chi connectivity index (χ3v) is 4.03. The van der Waals surface area contributed by atoms with Gasteiger partial charge in [-0.2, -0.15) is 0 Å². The van der Waals surface area contributed by atoms with Crippen molar-refractivity contribution < 1.29 is 14.6 Å². The standard InChI is InChI=1S/C14H14BrNO3S/c1-8-3-10(15)4-9(2)14(8)19-6-12-16-11(7-20-12)5-13(17)18/h3-4,7H,5-6H2,1-2H3,(H,17,18).